The van der Waals surface area contributed by atoms with E-state index >= 15 is 0 Å². The SMILES string of the molecule is CC(C)(C)c1ccc(N2c3cc4c(oc5ccccc54)c(-c4ccc(-c5ccccc5)cc4Nc4ccc5c(c4)C(C)(C)CCC5(C)C)c3[B]c3c2sc2ccccc32)c(-c2ccccc2)c1. The van der Waals surface area contributed by atoms with Crippen molar-refractivity contribution in [3.05, 3.63) is 187 Å². The van der Waals surface area contributed by atoms with Crippen LogP contribution in [0.2, 0.25) is 0 Å². The summed E-state index contributed by atoms with van der Waals surface area (Å²) in [6.07, 6.45) is 2.33. The summed E-state index contributed by atoms with van der Waals surface area (Å²) < 4.78 is 8.39. The molecular weight excluding hydrogens is 832 g/mol. The van der Waals surface area contributed by atoms with E-state index in [1.165, 1.54) is 60.4 Å². The first kappa shape index (κ1) is 41.6. The second kappa shape index (κ2) is 15.4. The number of para-hydroxylation sites is 1. The van der Waals surface area contributed by atoms with Crippen LogP contribution in [0.3, 0.4) is 0 Å². The topological polar surface area (TPSA) is 28.4 Å². The first-order valence-corrected chi connectivity index (χ1v) is 24.6. The molecule has 0 spiro atoms. The molecule has 0 atom stereocenters. The highest BCUT2D eigenvalue weighted by molar-refractivity contribution is 7.25. The Kier molecular flexibility index (Phi) is 9.54. The molecule has 2 aliphatic rings. The van der Waals surface area contributed by atoms with Gasteiger partial charge in [-0.15, -0.1) is 11.3 Å². The normalized spacial score (nSPS) is 15.0. The van der Waals surface area contributed by atoms with Gasteiger partial charge in [0.25, 0.3) is 0 Å². The summed E-state index contributed by atoms with van der Waals surface area (Å²) >= 11 is 1.87. The van der Waals surface area contributed by atoms with Crippen molar-refractivity contribution in [2.75, 3.05) is 10.2 Å². The summed E-state index contributed by atoms with van der Waals surface area (Å²) in [5.74, 6) is 0. The van der Waals surface area contributed by atoms with Gasteiger partial charge in [-0.05, 0) is 127 Å². The van der Waals surface area contributed by atoms with Gasteiger partial charge < -0.3 is 14.6 Å². The minimum atomic E-state index is -0.0349. The van der Waals surface area contributed by atoms with Crippen LogP contribution in [0, 0.1) is 0 Å². The van der Waals surface area contributed by atoms with E-state index in [2.05, 4.69) is 236 Å². The minimum Gasteiger partial charge on any atom is -0.455 e. The molecule has 3 heterocycles. The number of benzene rings is 8. The fraction of sp³-hybridized carbons (Fsp3) is 0.194. The largest absolute Gasteiger partial charge is 0.455 e. The fourth-order valence-electron chi connectivity index (χ4n) is 10.9. The molecule has 327 valence electrons. The molecule has 5 heteroatoms. The average Bonchev–Trinajstić information content (AvgIpc) is 3.90. The van der Waals surface area contributed by atoms with Gasteiger partial charge in [-0.2, -0.15) is 0 Å². The van der Waals surface area contributed by atoms with E-state index in [9.17, 15) is 0 Å². The van der Waals surface area contributed by atoms with Crippen molar-refractivity contribution in [1.29, 1.82) is 0 Å². The van der Waals surface area contributed by atoms with Crippen LogP contribution in [0.4, 0.5) is 27.8 Å². The molecule has 0 unspecified atom stereocenters. The number of furan rings is 1. The van der Waals surface area contributed by atoms with E-state index in [-0.39, 0.29) is 16.2 Å². The first-order valence-electron chi connectivity index (χ1n) is 23.8. The van der Waals surface area contributed by atoms with Crippen molar-refractivity contribution in [1.82, 2.24) is 0 Å². The van der Waals surface area contributed by atoms with E-state index in [1.54, 1.807) is 0 Å². The molecule has 67 heavy (non-hydrogen) atoms. The molecule has 1 N–H and O–H groups in total. The summed E-state index contributed by atoms with van der Waals surface area (Å²) in [6, 6.07) is 62.7. The Bertz CT molecular complexity index is 3570. The third-order valence-corrected chi connectivity index (χ3v) is 15.9. The van der Waals surface area contributed by atoms with Crippen LogP contribution in [0.25, 0.3) is 65.4 Å². The molecule has 0 bridgehead atoms. The van der Waals surface area contributed by atoms with Crippen LogP contribution < -0.4 is 21.1 Å². The molecule has 3 nitrogen and oxygen atoms in total. The Morgan fingerprint density at radius 3 is 2.01 bits per heavy atom. The van der Waals surface area contributed by atoms with Crippen LogP contribution in [-0.2, 0) is 16.2 Å². The highest BCUT2D eigenvalue weighted by atomic mass is 32.1. The zero-order valence-corrected chi connectivity index (χ0v) is 40.2. The molecule has 0 fully saturated rings. The maximum absolute atomic E-state index is 7.13. The van der Waals surface area contributed by atoms with E-state index < -0.39 is 0 Å². The molecule has 2 aromatic heterocycles. The number of thiophene rings is 1. The van der Waals surface area contributed by atoms with Gasteiger partial charge in [0.05, 0.1) is 10.7 Å². The number of nitrogens with zero attached hydrogens (tertiary/aromatic N) is 1. The van der Waals surface area contributed by atoms with Crippen LogP contribution >= 0.6 is 11.3 Å². The summed E-state index contributed by atoms with van der Waals surface area (Å²) in [5, 5.41) is 8.73. The van der Waals surface area contributed by atoms with Gasteiger partial charge in [-0.1, -0.05) is 170 Å². The molecule has 12 rings (SSSR count). The smallest absolute Gasteiger partial charge is 0.200 e. The molecule has 10 aromatic rings. The number of rotatable bonds is 6. The van der Waals surface area contributed by atoms with Crippen molar-refractivity contribution in [2.24, 2.45) is 0 Å². The zero-order chi connectivity index (χ0) is 45.8. The number of nitrogens with one attached hydrogen (secondary N) is 1. The Hall–Kier alpha value is -6.82. The minimum absolute atomic E-state index is 0.0349. The molecule has 0 saturated heterocycles. The molecule has 1 radical (unpaired) electrons. The zero-order valence-electron chi connectivity index (χ0n) is 39.4. The van der Waals surface area contributed by atoms with Crippen LogP contribution in [0.5, 0.6) is 0 Å². The van der Waals surface area contributed by atoms with Crippen molar-refractivity contribution in [3.63, 3.8) is 0 Å². The van der Waals surface area contributed by atoms with Gasteiger partial charge in [0.15, 0.2) is 7.28 Å². The summed E-state index contributed by atoms with van der Waals surface area (Å²) in [7, 11) is 2.45. The van der Waals surface area contributed by atoms with Crippen LogP contribution in [0.1, 0.15) is 78.0 Å². The predicted molar refractivity (Wildman–Crippen MR) is 289 cm³/mol. The van der Waals surface area contributed by atoms with E-state index in [4.69, 9.17) is 4.42 Å². The van der Waals surface area contributed by atoms with Crippen LogP contribution in [-0.4, -0.2) is 7.28 Å². The van der Waals surface area contributed by atoms with Gasteiger partial charge in [-0.25, -0.2) is 0 Å². The molecular formula is C62H54BN2OS. The van der Waals surface area contributed by atoms with Gasteiger partial charge in [0.2, 0.25) is 0 Å². The van der Waals surface area contributed by atoms with Gasteiger partial charge in [-0.3, -0.25) is 0 Å². The number of hydrogen-bond acceptors (Lipinski definition) is 4. The lowest BCUT2D eigenvalue weighted by molar-refractivity contribution is 0.332. The molecule has 0 saturated carbocycles. The summed E-state index contributed by atoms with van der Waals surface area (Å²) in [5.41, 5.74) is 19.7. The Morgan fingerprint density at radius 1 is 0.567 bits per heavy atom. The summed E-state index contributed by atoms with van der Waals surface area (Å²) in [6.45, 7) is 16.5. The Morgan fingerprint density at radius 2 is 1.25 bits per heavy atom. The number of fused-ring (bicyclic) bond motifs is 8. The molecule has 1 aliphatic carbocycles. The predicted octanol–water partition coefficient (Wildman–Crippen LogP) is 16.6. The second-order valence-electron chi connectivity index (χ2n) is 21.1. The third kappa shape index (κ3) is 6.92. The van der Waals surface area contributed by atoms with Crippen molar-refractivity contribution >= 4 is 89.3 Å². The van der Waals surface area contributed by atoms with Crippen molar-refractivity contribution in [3.8, 4) is 33.4 Å². The highest BCUT2D eigenvalue weighted by Gasteiger charge is 2.38. The number of hydrogen-bond donors (Lipinski definition) is 1. The van der Waals surface area contributed by atoms with Crippen molar-refractivity contribution < 1.29 is 4.42 Å². The van der Waals surface area contributed by atoms with Gasteiger partial charge in [0.1, 0.15) is 11.2 Å². The fourth-order valence-corrected chi connectivity index (χ4v) is 12.1. The standard InChI is InChI=1S/C62H54BN2OS/c1-60(2,3)41-27-31-51(46(35-41)39-20-12-9-13-21-39)65-52-37-47-43-22-14-16-24-53(43)66-58(47)55(57(52)63-56-45-23-15-17-25-54(45)67-59(56)65)44-29-26-40(38-18-10-8-11-19-38)34-50(44)64-42-28-30-48-49(36-42)62(6,7)33-32-61(48,4)5/h8-31,34-37,64H,32-33H2,1-7H3. The third-order valence-electron chi connectivity index (χ3n) is 14.8. The Labute approximate surface area is 399 Å². The quantitative estimate of drug-likeness (QED) is 0.169. The monoisotopic (exact) mass is 885 g/mol. The molecule has 1 aliphatic heterocycles. The maximum atomic E-state index is 7.13. The van der Waals surface area contributed by atoms with E-state index in [1.807, 2.05) is 11.3 Å². The lowest BCUT2D eigenvalue weighted by Gasteiger charge is -2.42. The number of anilines is 5. The van der Waals surface area contributed by atoms with Crippen molar-refractivity contribution in [2.45, 2.75) is 77.6 Å². The first-order chi connectivity index (χ1) is 32.3. The highest BCUT2D eigenvalue weighted by Crippen LogP contribution is 2.51. The van der Waals surface area contributed by atoms with Gasteiger partial charge in [0, 0.05) is 49.2 Å². The van der Waals surface area contributed by atoms with Gasteiger partial charge >= 0.3 is 0 Å². The second-order valence-corrected chi connectivity index (χ2v) is 22.1. The molecule has 0 amide bonds. The Balaban J connectivity index is 1.16. The van der Waals surface area contributed by atoms with Crippen LogP contribution in [0.15, 0.2) is 174 Å². The van der Waals surface area contributed by atoms with E-state index in [0.717, 1.165) is 73.3 Å². The van der Waals surface area contributed by atoms with E-state index in [0.29, 0.717) is 0 Å². The maximum Gasteiger partial charge on any atom is 0.200 e. The lowest BCUT2D eigenvalue weighted by Crippen LogP contribution is -2.40. The average molecular weight is 886 g/mol. The lowest BCUT2D eigenvalue weighted by atomic mass is 9.58. The molecule has 8 aromatic carbocycles. The summed E-state index contributed by atoms with van der Waals surface area (Å²) in [4.78, 5) is 2.56.